The molecule has 2 unspecified atom stereocenters. The van der Waals surface area contributed by atoms with Gasteiger partial charge in [-0.25, -0.2) is 0 Å². The quantitative estimate of drug-likeness (QED) is 0.790. The molecule has 1 aliphatic heterocycles. The van der Waals surface area contributed by atoms with Gasteiger partial charge in [0.2, 0.25) is 0 Å². The van der Waals surface area contributed by atoms with E-state index in [0.29, 0.717) is 12.8 Å². The number of nitrogens with zero attached hydrogens (tertiary/aromatic N) is 1. The molecule has 0 spiro atoms. The zero-order chi connectivity index (χ0) is 16.9. The van der Waals surface area contributed by atoms with Crippen LogP contribution in [0.3, 0.4) is 0 Å². The summed E-state index contributed by atoms with van der Waals surface area (Å²) in [7, 11) is 2.04. The lowest BCUT2D eigenvalue weighted by atomic mass is 9.77. The number of likely N-dealkylation sites (tertiary alicyclic amines) is 1. The van der Waals surface area contributed by atoms with E-state index in [4.69, 9.17) is 0 Å². The van der Waals surface area contributed by atoms with E-state index in [1.807, 2.05) is 67.7 Å². The summed E-state index contributed by atoms with van der Waals surface area (Å²) < 4.78 is 0. The van der Waals surface area contributed by atoms with Gasteiger partial charge in [-0.15, -0.1) is 0 Å². The van der Waals surface area contributed by atoms with Crippen molar-refractivity contribution in [1.29, 1.82) is 0 Å². The first-order chi connectivity index (χ1) is 11.6. The topological polar surface area (TPSA) is 37.4 Å². The second-order valence-corrected chi connectivity index (χ2v) is 6.60. The second-order valence-electron chi connectivity index (χ2n) is 6.60. The summed E-state index contributed by atoms with van der Waals surface area (Å²) in [4.78, 5) is 27.5. The van der Waals surface area contributed by atoms with Gasteiger partial charge >= 0.3 is 0 Å². The number of ketones is 2. The number of piperidine rings is 1. The van der Waals surface area contributed by atoms with Crippen LogP contribution in [0.4, 0.5) is 0 Å². The van der Waals surface area contributed by atoms with Crippen LogP contribution in [-0.4, -0.2) is 36.6 Å². The molecular formula is C21H23NO2. The predicted octanol–water partition coefficient (Wildman–Crippen LogP) is 3.56. The number of hydrogen-bond acceptors (Lipinski definition) is 3. The Hall–Kier alpha value is -2.26. The first kappa shape index (κ1) is 16.6. The second kappa shape index (κ2) is 7.54. The van der Waals surface area contributed by atoms with Crippen LogP contribution in [0.2, 0.25) is 0 Å². The highest BCUT2D eigenvalue weighted by atomic mass is 16.1. The molecule has 0 radical (unpaired) electrons. The monoisotopic (exact) mass is 321 g/mol. The van der Waals surface area contributed by atoms with Crippen LogP contribution in [0.1, 0.15) is 34.7 Å². The highest BCUT2D eigenvalue weighted by Gasteiger charge is 2.34. The van der Waals surface area contributed by atoms with Crippen LogP contribution in [0.25, 0.3) is 0 Å². The Bertz CT molecular complexity index is 696. The molecule has 0 N–H and O–H groups in total. The molecule has 0 saturated carbocycles. The minimum atomic E-state index is -0.112. The third kappa shape index (κ3) is 3.80. The molecule has 2 aromatic carbocycles. The van der Waals surface area contributed by atoms with Crippen LogP contribution in [0.5, 0.6) is 0 Å². The van der Waals surface area contributed by atoms with Gasteiger partial charge in [0, 0.05) is 43.3 Å². The molecule has 0 amide bonds. The normalized spacial score (nSPS) is 19.9. The molecule has 1 fully saturated rings. The van der Waals surface area contributed by atoms with Gasteiger partial charge in [-0.3, -0.25) is 9.59 Å². The standard InChI is InChI=1S/C21H23NO2/c1-22-13-12-20(23)19(15-22)18(16-8-4-2-5-9-16)14-21(24)17-10-6-3-7-11-17/h2-11,18-19H,12-15H2,1H3. The summed E-state index contributed by atoms with van der Waals surface area (Å²) in [6, 6.07) is 19.3. The van der Waals surface area contributed by atoms with E-state index in [2.05, 4.69) is 4.90 Å². The minimum Gasteiger partial charge on any atom is -0.305 e. The minimum absolute atomic E-state index is 0.0610. The molecule has 1 aliphatic rings. The number of Topliss-reactive ketones (excluding diaryl/α,β-unsaturated/α-hetero) is 2. The molecule has 3 rings (SSSR count). The van der Waals surface area contributed by atoms with Crippen molar-refractivity contribution in [3.05, 3.63) is 71.8 Å². The number of benzene rings is 2. The SMILES string of the molecule is CN1CCC(=O)C(C(CC(=O)c2ccccc2)c2ccccc2)C1. The van der Waals surface area contributed by atoms with E-state index in [1.54, 1.807) is 0 Å². The van der Waals surface area contributed by atoms with Gasteiger partial charge in [0.25, 0.3) is 0 Å². The molecule has 24 heavy (non-hydrogen) atoms. The molecule has 2 atom stereocenters. The fourth-order valence-corrected chi connectivity index (χ4v) is 3.50. The van der Waals surface area contributed by atoms with E-state index < -0.39 is 0 Å². The molecule has 124 valence electrons. The number of rotatable bonds is 5. The Labute approximate surface area is 143 Å². The lowest BCUT2D eigenvalue weighted by Gasteiger charge is -2.34. The van der Waals surface area contributed by atoms with Crippen LogP contribution < -0.4 is 0 Å². The molecule has 1 heterocycles. The van der Waals surface area contributed by atoms with E-state index in [9.17, 15) is 9.59 Å². The Kier molecular flexibility index (Phi) is 5.21. The molecular weight excluding hydrogens is 298 g/mol. The first-order valence-corrected chi connectivity index (χ1v) is 8.49. The van der Waals surface area contributed by atoms with E-state index in [1.165, 1.54) is 0 Å². The van der Waals surface area contributed by atoms with Gasteiger partial charge in [-0.05, 0) is 12.6 Å². The van der Waals surface area contributed by atoms with Crippen molar-refractivity contribution in [2.45, 2.75) is 18.8 Å². The number of hydrogen-bond donors (Lipinski definition) is 0. The van der Waals surface area contributed by atoms with E-state index >= 15 is 0 Å². The molecule has 2 aromatic rings. The molecule has 3 nitrogen and oxygen atoms in total. The van der Waals surface area contributed by atoms with Crippen molar-refractivity contribution in [3.63, 3.8) is 0 Å². The summed E-state index contributed by atoms with van der Waals surface area (Å²) in [5.41, 5.74) is 1.80. The summed E-state index contributed by atoms with van der Waals surface area (Å²) in [5.74, 6) is 0.210. The zero-order valence-corrected chi connectivity index (χ0v) is 14.0. The van der Waals surface area contributed by atoms with Crippen molar-refractivity contribution in [3.8, 4) is 0 Å². The zero-order valence-electron chi connectivity index (χ0n) is 14.0. The van der Waals surface area contributed by atoms with Crippen LogP contribution in [0, 0.1) is 5.92 Å². The van der Waals surface area contributed by atoms with Crippen molar-refractivity contribution in [1.82, 2.24) is 4.90 Å². The molecule has 1 saturated heterocycles. The van der Waals surface area contributed by atoms with Crippen molar-refractivity contribution in [2.24, 2.45) is 5.92 Å². The number of carbonyl (C=O) groups excluding carboxylic acids is 2. The molecule has 0 aliphatic carbocycles. The summed E-state index contributed by atoms with van der Waals surface area (Å²) in [5, 5.41) is 0. The Balaban J connectivity index is 1.88. The molecule has 0 aromatic heterocycles. The van der Waals surface area contributed by atoms with E-state index in [0.717, 1.165) is 24.2 Å². The first-order valence-electron chi connectivity index (χ1n) is 8.49. The smallest absolute Gasteiger partial charge is 0.163 e. The Morgan fingerprint density at radius 1 is 1.08 bits per heavy atom. The number of carbonyl (C=O) groups is 2. The third-order valence-corrected chi connectivity index (χ3v) is 4.88. The lowest BCUT2D eigenvalue weighted by molar-refractivity contribution is -0.126. The van der Waals surface area contributed by atoms with Gasteiger partial charge in [0.05, 0.1) is 0 Å². The average Bonchev–Trinajstić information content (AvgIpc) is 2.63. The lowest BCUT2D eigenvalue weighted by Crippen LogP contribution is -2.41. The average molecular weight is 321 g/mol. The van der Waals surface area contributed by atoms with Gasteiger partial charge in [-0.1, -0.05) is 60.7 Å². The summed E-state index contributed by atoms with van der Waals surface area (Å²) in [6.07, 6.45) is 0.947. The van der Waals surface area contributed by atoms with E-state index in [-0.39, 0.29) is 23.4 Å². The van der Waals surface area contributed by atoms with Crippen molar-refractivity contribution < 1.29 is 9.59 Å². The third-order valence-electron chi connectivity index (χ3n) is 4.88. The largest absolute Gasteiger partial charge is 0.305 e. The van der Waals surface area contributed by atoms with Crippen LogP contribution in [-0.2, 0) is 4.79 Å². The maximum absolute atomic E-state index is 12.7. The maximum atomic E-state index is 12.7. The van der Waals surface area contributed by atoms with Crippen LogP contribution >= 0.6 is 0 Å². The highest BCUT2D eigenvalue weighted by molar-refractivity contribution is 5.97. The predicted molar refractivity (Wildman–Crippen MR) is 95.2 cm³/mol. The van der Waals surface area contributed by atoms with Gasteiger partial charge in [0.1, 0.15) is 5.78 Å². The van der Waals surface area contributed by atoms with Crippen molar-refractivity contribution in [2.75, 3.05) is 20.1 Å². The van der Waals surface area contributed by atoms with Crippen molar-refractivity contribution >= 4 is 11.6 Å². The van der Waals surface area contributed by atoms with Crippen LogP contribution in [0.15, 0.2) is 60.7 Å². The Morgan fingerprint density at radius 2 is 1.71 bits per heavy atom. The fourth-order valence-electron chi connectivity index (χ4n) is 3.50. The molecule has 3 heteroatoms. The maximum Gasteiger partial charge on any atom is 0.163 e. The fraction of sp³-hybridized carbons (Fsp3) is 0.333. The van der Waals surface area contributed by atoms with Gasteiger partial charge < -0.3 is 4.90 Å². The van der Waals surface area contributed by atoms with Gasteiger partial charge in [0.15, 0.2) is 5.78 Å². The van der Waals surface area contributed by atoms with Gasteiger partial charge in [-0.2, -0.15) is 0 Å². The summed E-state index contributed by atoms with van der Waals surface area (Å²) in [6.45, 7) is 1.53. The summed E-state index contributed by atoms with van der Waals surface area (Å²) >= 11 is 0. The molecule has 0 bridgehead atoms. The highest BCUT2D eigenvalue weighted by Crippen LogP contribution is 2.33. The Morgan fingerprint density at radius 3 is 2.38 bits per heavy atom.